The molecule has 2 N–H and O–H groups in total. The largest absolute Gasteiger partial charge is 0.389 e. The lowest BCUT2D eigenvalue weighted by Crippen LogP contribution is -2.36. The van der Waals surface area contributed by atoms with E-state index in [2.05, 4.69) is 14.9 Å². The predicted octanol–water partition coefficient (Wildman–Crippen LogP) is 1.45. The second-order valence-electron chi connectivity index (χ2n) is 6.17. The molecule has 2 aromatic heterocycles. The Balaban J connectivity index is 2.18. The maximum atomic E-state index is 12.4. The van der Waals surface area contributed by atoms with E-state index in [9.17, 15) is 9.90 Å². The summed E-state index contributed by atoms with van der Waals surface area (Å²) < 4.78 is 10.1. The smallest absolute Gasteiger partial charge is 0.259 e. The first-order valence-corrected chi connectivity index (χ1v) is 9.15. The number of thiophene rings is 1. The lowest BCUT2D eigenvalue weighted by Gasteiger charge is -2.24. The van der Waals surface area contributed by atoms with Crippen molar-refractivity contribution in [1.82, 2.24) is 14.9 Å². The molecule has 0 amide bonds. The minimum Gasteiger partial charge on any atom is -0.389 e. The first-order valence-electron chi connectivity index (χ1n) is 8.33. The van der Waals surface area contributed by atoms with Gasteiger partial charge in [-0.1, -0.05) is 0 Å². The number of ether oxygens (including phenoxy) is 2. The van der Waals surface area contributed by atoms with Gasteiger partial charge in [0.2, 0.25) is 0 Å². The number of hydrogen-bond donors (Lipinski definition) is 2. The van der Waals surface area contributed by atoms with Crippen molar-refractivity contribution < 1.29 is 14.6 Å². The Morgan fingerprint density at radius 1 is 1.32 bits per heavy atom. The molecule has 7 nitrogen and oxygen atoms in total. The monoisotopic (exact) mass is 369 g/mol. The zero-order valence-corrected chi connectivity index (χ0v) is 16.1. The van der Waals surface area contributed by atoms with Crippen LogP contribution in [0.1, 0.15) is 22.7 Å². The van der Waals surface area contributed by atoms with Gasteiger partial charge in [-0.3, -0.25) is 9.69 Å². The molecule has 0 aliphatic rings. The van der Waals surface area contributed by atoms with Crippen molar-refractivity contribution >= 4 is 21.6 Å². The van der Waals surface area contributed by atoms with Crippen molar-refractivity contribution in [3.8, 4) is 0 Å². The number of methoxy groups -OCH3 is 2. The fraction of sp³-hybridized carbons (Fsp3) is 0.647. The molecule has 140 valence electrons. The summed E-state index contributed by atoms with van der Waals surface area (Å²) in [5.74, 6) is 0.612. The van der Waals surface area contributed by atoms with Crippen molar-refractivity contribution in [3.05, 3.63) is 26.6 Å². The number of aryl methyl sites for hydroxylation is 2. The first-order chi connectivity index (χ1) is 12.0. The molecule has 0 aliphatic carbocycles. The number of fused-ring (bicyclic) bond motifs is 1. The summed E-state index contributed by atoms with van der Waals surface area (Å²) >= 11 is 1.54. The SMILES string of the molecule is COCCCN(Cc1nc2sc(C)c(C)c2c(=O)[nH]1)CC(O)COC. The molecule has 0 saturated carbocycles. The highest BCUT2D eigenvalue weighted by atomic mass is 32.1. The lowest BCUT2D eigenvalue weighted by atomic mass is 10.2. The van der Waals surface area contributed by atoms with Gasteiger partial charge in [-0.05, 0) is 25.8 Å². The Hall–Kier alpha value is -1.32. The summed E-state index contributed by atoms with van der Waals surface area (Å²) in [6.45, 7) is 6.50. The molecule has 0 aromatic carbocycles. The Labute approximate surface area is 151 Å². The molecule has 8 heteroatoms. The van der Waals surface area contributed by atoms with Crippen LogP contribution in [0, 0.1) is 13.8 Å². The summed E-state index contributed by atoms with van der Waals surface area (Å²) in [7, 11) is 3.23. The van der Waals surface area contributed by atoms with Gasteiger partial charge in [-0.2, -0.15) is 0 Å². The molecule has 0 fully saturated rings. The molecule has 0 radical (unpaired) electrons. The number of H-pyrrole nitrogens is 1. The lowest BCUT2D eigenvalue weighted by molar-refractivity contribution is 0.0331. The summed E-state index contributed by atoms with van der Waals surface area (Å²) in [5, 5.41) is 10.7. The Bertz CT molecular complexity index is 743. The van der Waals surface area contributed by atoms with Crippen molar-refractivity contribution in [2.24, 2.45) is 0 Å². The topological polar surface area (TPSA) is 87.7 Å². The number of nitrogens with one attached hydrogen (secondary N) is 1. The number of aromatic amines is 1. The third-order valence-electron chi connectivity index (χ3n) is 4.11. The summed E-state index contributed by atoms with van der Waals surface area (Å²) in [4.78, 5) is 23.8. The summed E-state index contributed by atoms with van der Waals surface area (Å²) in [6.07, 6.45) is 0.245. The second-order valence-corrected chi connectivity index (χ2v) is 7.37. The standard InChI is InChI=1S/C17H27N3O4S/c1-11-12(2)25-17-15(11)16(22)18-14(19-17)9-20(6-5-7-23-3)8-13(21)10-24-4/h13,21H,5-10H2,1-4H3,(H,18,19,22). The van der Waals surface area contributed by atoms with E-state index in [0.29, 0.717) is 30.9 Å². The van der Waals surface area contributed by atoms with Crippen LogP contribution in [0.4, 0.5) is 0 Å². The van der Waals surface area contributed by atoms with Crippen molar-refractivity contribution in [3.63, 3.8) is 0 Å². The third kappa shape index (κ3) is 5.32. The molecule has 0 aliphatic heterocycles. The number of aliphatic hydroxyl groups is 1. The minimum absolute atomic E-state index is 0.101. The summed E-state index contributed by atoms with van der Waals surface area (Å²) in [5.41, 5.74) is 0.892. The van der Waals surface area contributed by atoms with E-state index in [0.717, 1.165) is 28.2 Å². The zero-order chi connectivity index (χ0) is 18.4. The Morgan fingerprint density at radius 2 is 2.08 bits per heavy atom. The molecular weight excluding hydrogens is 342 g/mol. The molecule has 0 spiro atoms. The molecule has 2 aromatic rings. The first kappa shape index (κ1) is 20.0. The quantitative estimate of drug-likeness (QED) is 0.616. The van der Waals surface area contributed by atoms with E-state index in [1.54, 1.807) is 14.2 Å². The zero-order valence-electron chi connectivity index (χ0n) is 15.3. The van der Waals surface area contributed by atoms with E-state index in [-0.39, 0.29) is 12.2 Å². The molecular formula is C17H27N3O4S. The minimum atomic E-state index is -0.589. The number of aromatic nitrogens is 2. The predicted molar refractivity (Wildman–Crippen MR) is 99.4 cm³/mol. The number of hydrogen-bond acceptors (Lipinski definition) is 7. The van der Waals surface area contributed by atoms with Gasteiger partial charge in [-0.25, -0.2) is 4.98 Å². The van der Waals surface area contributed by atoms with E-state index >= 15 is 0 Å². The van der Waals surface area contributed by atoms with Crippen LogP contribution in [-0.4, -0.2) is 66.6 Å². The highest BCUT2D eigenvalue weighted by Gasteiger charge is 2.16. The normalized spacial score (nSPS) is 13.0. The highest BCUT2D eigenvalue weighted by molar-refractivity contribution is 7.18. The van der Waals surface area contributed by atoms with Crippen LogP contribution in [0.2, 0.25) is 0 Å². The van der Waals surface area contributed by atoms with Gasteiger partial charge >= 0.3 is 0 Å². The third-order valence-corrected chi connectivity index (χ3v) is 5.21. The van der Waals surface area contributed by atoms with Gasteiger partial charge in [0.05, 0.1) is 24.6 Å². The van der Waals surface area contributed by atoms with Gasteiger partial charge in [0, 0.05) is 38.8 Å². The van der Waals surface area contributed by atoms with Crippen LogP contribution in [-0.2, 0) is 16.0 Å². The van der Waals surface area contributed by atoms with Crippen molar-refractivity contribution in [1.29, 1.82) is 0 Å². The van der Waals surface area contributed by atoms with E-state index < -0.39 is 6.10 Å². The molecule has 1 unspecified atom stereocenters. The number of nitrogens with zero attached hydrogens (tertiary/aromatic N) is 2. The molecule has 0 bridgehead atoms. The fourth-order valence-corrected chi connectivity index (χ4v) is 3.85. The average molecular weight is 369 g/mol. The molecule has 1 atom stereocenters. The Kier molecular flexibility index (Phi) is 7.52. The molecule has 25 heavy (non-hydrogen) atoms. The van der Waals surface area contributed by atoms with Gasteiger partial charge in [0.1, 0.15) is 10.7 Å². The number of aliphatic hydroxyl groups excluding tert-OH is 1. The highest BCUT2D eigenvalue weighted by Crippen LogP contribution is 2.25. The van der Waals surface area contributed by atoms with E-state index in [1.807, 2.05) is 13.8 Å². The van der Waals surface area contributed by atoms with Gasteiger partial charge in [-0.15, -0.1) is 11.3 Å². The number of rotatable bonds is 10. The van der Waals surface area contributed by atoms with Crippen LogP contribution in [0.15, 0.2) is 4.79 Å². The van der Waals surface area contributed by atoms with E-state index in [1.165, 1.54) is 11.3 Å². The second kappa shape index (κ2) is 9.40. The fourth-order valence-electron chi connectivity index (χ4n) is 2.80. The van der Waals surface area contributed by atoms with Crippen LogP contribution >= 0.6 is 11.3 Å². The molecule has 2 rings (SSSR count). The van der Waals surface area contributed by atoms with Gasteiger partial charge < -0.3 is 19.6 Å². The Morgan fingerprint density at radius 3 is 2.76 bits per heavy atom. The maximum Gasteiger partial charge on any atom is 0.259 e. The average Bonchev–Trinajstić information content (AvgIpc) is 2.82. The van der Waals surface area contributed by atoms with Crippen molar-refractivity contribution in [2.75, 3.05) is 40.5 Å². The summed E-state index contributed by atoms with van der Waals surface area (Å²) in [6, 6.07) is 0. The molecule has 2 heterocycles. The van der Waals surface area contributed by atoms with Crippen LogP contribution < -0.4 is 5.56 Å². The van der Waals surface area contributed by atoms with E-state index in [4.69, 9.17) is 9.47 Å². The maximum absolute atomic E-state index is 12.4. The van der Waals surface area contributed by atoms with Crippen LogP contribution in [0.3, 0.4) is 0 Å². The van der Waals surface area contributed by atoms with Crippen molar-refractivity contribution in [2.45, 2.75) is 32.9 Å². The van der Waals surface area contributed by atoms with Crippen LogP contribution in [0.25, 0.3) is 10.2 Å². The van der Waals surface area contributed by atoms with Gasteiger partial charge in [0.25, 0.3) is 5.56 Å². The molecule has 0 saturated heterocycles. The van der Waals surface area contributed by atoms with Gasteiger partial charge in [0.15, 0.2) is 0 Å². The van der Waals surface area contributed by atoms with Crippen LogP contribution in [0.5, 0.6) is 0 Å².